The van der Waals surface area contributed by atoms with Crippen molar-refractivity contribution in [3.05, 3.63) is 36.5 Å². The fraction of sp³-hybridized carbons (Fsp3) is 0.889. The second kappa shape index (κ2) is 68.4. The lowest BCUT2D eigenvalue weighted by Crippen LogP contribution is -2.28. The fourth-order valence-corrected chi connectivity index (χ4v) is 10.9. The molecule has 0 aromatic rings. The van der Waals surface area contributed by atoms with Crippen molar-refractivity contribution in [1.29, 1.82) is 0 Å². The number of hydrogen-bond donors (Lipinski definition) is 1. The first-order chi connectivity index (χ1) is 38.1. The third-order valence-electron chi connectivity index (χ3n) is 16.2. The summed E-state index contributed by atoms with van der Waals surface area (Å²) in [5.41, 5.74) is 0. The number of unbranched alkanes of at least 4 members (excludes halogenated alkanes) is 52. The van der Waals surface area contributed by atoms with Gasteiger partial charge in [-0.05, 0) is 51.4 Å². The Morgan fingerprint density at radius 1 is 0.299 bits per heavy atom. The van der Waals surface area contributed by atoms with Crippen LogP contribution in [0.2, 0.25) is 0 Å². The molecule has 0 spiro atoms. The van der Waals surface area contributed by atoms with Gasteiger partial charge in [-0.25, -0.2) is 0 Å². The Morgan fingerprint density at radius 3 is 0.779 bits per heavy atom. The van der Waals surface area contributed by atoms with Crippen LogP contribution in [0, 0.1) is 0 Å². The van der Waals surface area contributed by atoms with Crippen LogP contribution >= 0.6 is 0 Å². The third-order valence-corrected chi connectivity index (χ3v) is 16.2. The number of ether oxygens (including phenoxy) is 2. The Kier molecular flexibility index (Phi) is 66.7. The Morgan fingerprint density at radius 2 is 0.519 bits per heavy atom. The van der Waals surface area contributed by atoms with E-state index in [2.05, 4.69) is 50.3 Å². The van der Waals surface area contributed by atoms with Gasteiger partial charge in [0.2, 0.25) is 0 Å². The van der Waals surface area contributed by atoms with Crippen molar-refractivity contribution in [1.82, 2.24) is 0 Å². The number of carbonyl (C=O) groups is 2. The molecule has 5 nitrogen and oxygen atoms in total. The average Bonchev–Trinajstić information content (AvgIpc) is 3.43. The first kappa shape index (κ1) is 75.1. The molecule has 0 aromatic heterocycles. The number of carbonyl (C=O) groups excluding carboxylic acids is 2. The summed E-state index contributed by atoms with van der Waals surface area (Å²) in [6, 6.07) is 0. The molecule has 0 aromatic carbocycles. The summed E-state index contributed by atoms with van der Waals surface area (Å²) in [7, 11) is 0. The van der Waals surface area contributed by atoms with Crippen molar-refractivity contribution in [3.8, 4) is 0 Å². The van der Waals surface area contributed by atoms with Gasteiger partial charge in [0.15, 0.2) is 6.10 Å². The summed E-state index contributed by atoms with van der Waals surface area (Å²) in [5.74, 6) is -0.564. The minimum Gasteiger partial charge on any atom is -0.462 e. The Labute approximate surface area is 482 Å². The minimum atomic E-state index is -0.769. The lowest BCUT2D eigenvalue weighted by molar-refractivity contribution is -0.161. The van der Waals surface area contributed by atoms with E-state index in [9.17, 15) is 14.7 Å². The van der Waals surface area contributed by atoms with Crippen LogP contribution in [0.1, 0.15) is 393 Å². The molecule has 0 heterocycles. The Balaban J connectivity index is 3.38. The van der Waals surface area contributed by atoms with Gasteiger partial charge >= 0.3 is 11.9 Å². The van der Waals surface area contributed by atoms with E-state index in [1.807, 2.05) is 0 Å². The molecular weight excluding hydrogens is 945 g/mol. The zero-order chi connectivity index (χ0) is 55.5. The van der Waals surface area contributed by atoms with Gasteiger partial charge in [0, 0.05) is 12.8 Å². The molecule has 0 saturated carbocycles. The quantitative estimate of drug-likeness (QED) is 0.0373. The summed E-state index contributed by atoms with van der Waals surface area (Å²) in [5, 5.41) is 9.70. The molecule has 0 aliphatic heterocycles. The normalized spacial score (nSPS) is 12.3. The maximum absolute atomic E-state index is 12.4. The van der Waals surface area contributed by atoms with Gasteiger partial charge in [0.25, 0.3) is 0 Å². The molecule has 0 aliphatic rings. The van der Waals surface area contributed by atoms with Gasteiger partial charge in [-0.1, -0.05) is 365 Å². The van der Waals surface area contributed by atoms with Crippen molar-refractivity contribution in [2.24, 2.45) is 0 Å². The summed E-state index contributed by atoms with van der Waals surface area (Å²) in [6.07, 6.45) is 90.4. The van der Waals surface area contributed by atoms with Gasteiger partial charge in [-0.15, -0.1) is 0 Å². The van der Waals surface area contributed by atoms with Gasteiger partial charge in [0.05, 0.1) is 6.61 Å². The van der Waals surface area contributed by atoms with E-state index in [1.54, 1.807) is 0 Å². The predicted octanol–water partition coefficient (Wildman–Crippen LogP) is 24.2. The molecule has 1 N–H and O–H groups in total. The van der Waals surface area contributed by atoms with Crippen molar-refractivity contribution in [2.75, 3.05) is 13.2 Å². The molecule has 0 bridgehead atoms. The van der Waals surface area contributed by atoms with E-state index in [4.69, 9.17) is 9.47 Å². The number of allylic oxidation sites excluding steroid dienone is 6. The van der Waals surface area contributed by atoms with E-state index in [1.165, 1.54) is 321 Å². The van der Waals surface area contributed by atoms with E-state index >= 15 is 0 Å². The Bertz CT molecular complexity index is 1220. The highest BCUT2D eigenvalue weighted by atomic mass is 16.6. The number of aliphatic hydroxyl groups is 1. The van der Waals surface area contributed by atoms with Crippen molar-refractivity contribution in [2.45, 2.75) is 399 Å². The van der Waals surface area contributed by atoms with Crippen molar-refractivity contribution < 1.29 is 24.2 Å². The maximum Gasteiger partial charge on any atom is 0.306 e. The van der Waals surface area contributed by atoms with Gasteiger partial charge in [-0.2, -0.15) is 0 Å². The lowest BCUT2D eigenvalue weighted by Gasteiger charge is -2.15. The van der Waals surface area contributed by atoms with Crippen LogP contribution in [0.5, 0.6) is 0 Å². The van der Waals surface area contributed by atoms with Crippen LogP contribution in [0.15, 0.2) is 36.5 Å². The predicted molar refractivity (Wildman–Crippen MR) is 339 cm³/mol. The topological polar surface area (TPSA) is 72.8 Å². The molecule has 77 heavy (non-hydrogen) atoms. The molecular formula is C72H136O5. The first-order valence-electron chi connectivity index (χ1n) is 35.0. The van der Waals surface area contributed by atoms with Crippen LogP contribution in [0.4, 0.5) is 0 Å². The first-order valence-corrected chi connectivity index (χ1v) is 35.0. The zero-order valence-electron chi connectivity index (χ0n) is 52.3. The van der Waals surface area contributed by atoms with Crippen LogP contribution in [0.25, 0.3) is 0 Å². The van der Waals surface area contributed by atoms with Crippen molar-refractivity contribution >= 4 is 11.9 Å². The largest absolute Gasteiger partial charge is 0.462 e. The second-order valence-electron chi connectivity index (χ2n) is 24.0. The molecule has 0 aliphatic carbocycles. The molecule has 0 rings (SSSR count). The average molecular weight is 1080 g/mol. The molecule has 1 atom stereocenters. The number of hydrogen-bond acceptors (Lipinski definition) is 5. The molecule has 1 unspecified atom stereocenters. The monoisotopic (exact) mass is 1080 g/mol. The number of rotatable bonds is 66. The summed E-state index contributed by atoms with van der Waals surface area (Å²) in [4.78, 5) is 24.6. The van der Waals surface area contributed by atoms with Crippen LogP contribution in [-0.2, 0) is 19.1 Å². The summed E-state index contributed by atoms with van der Waals surface area (Å²) in [6.45, 7) is 4.20. The highest BCUT2D eigenvalue weighted by Gasteiger charge is 2.16. The second-order valence-corrected chi connectivity index (χ2v) is 24.0. The van der Waals surface area contributed by atoms with E-state index < -0.39 is 6.10 Å². The molecule has 0 saturated heterocycles. The van der Waals surface area contributed by atoms with E-state index in [0.29, 0.717) is 12.8 Å². The molecule has 454 valence electrons. The molecule has 5 heteroatoms. The SMILES string of the molecule is CCCCCCC/C=C\C/C=C\C/C=C\CCCCCCCCCCCCCCCCCCCCCCCCC(=O)OC(CO)COC(=O)CCCCCCCCCCCCCCCCCCCCCCCCCCCC. The highest BCUT2D eigenvalue weighted by Crippen LogP contribution is 2.19. The number of aliphatic hydroxyl groups excluding tert-OH is 1. The highest BCUT2D eigenvalue weighted by molar-refractivity contribution is 5.70. The van der Waals surface area contributed by atoms with Crippen LogP contribution in [0.3, 0.4) is 0 Å². The smallest absolute Gasteiger partial charge is 0.306 e. The summed E-state index contributed by atoms with van der Waals surface area (Å²) >= 11 is 0. The summed E-state index contributed by atoms with van der Waals surface area (Å²) < 4.78 is 10.8. The van der Waals surface area contributed by atoms with E-state index in [-0.39, 0.29) is 25.2 Å². The standard InChI is InChI=1S/C72H136O5/c1-3-5-7-9-11-13-15-17-19-21-23-25-27-29-31-32-33-34-35-36-37-38-39-40-41-43-45-47-49-51-53-55-57-59-61-63-65-67-72(75)77-70(68-73)69-76-71(74)66-64-62-60-58-56-54-52-50-48-46-44-42-30-28-26-24-22-20-18-16-14-12-10-8-6-4-2/h15,17,21,23,27,29,70,73H,3-14,16,18-20,22,24-26,28,30-69H2,1-2H3/b17-15-,23-21-,29-27-. The lowest BCUT2D eigenvalue weighted by atomic mass is 10.0. The molecule has 0 fully saturated rings. The fourth-order valence-electron chi connectivity index (χ4n) is 10.9. The zero-order valence-corrected chi connectivity index (χ0v) is 52.3. The molecule has 0 amide bonds. The van der Waals surface area contributed by atoms with Gasteiger partial charge in [-0.3, -0.25) is 9.59 Å². The third kappa shape index (κ3) is 66.5. The minimum absolute atomic E-state index is 0.0582. The van der Waals surface area contributed by atoms with Gasteiger partial charge < -0.3 is 14.6 Å². The van der Waals surface area contributed by atoms with Crippen LogP contribution < -0.4 is 0 Å². The van der Waals surface area contributed by atoms with Crippen molar-refractivity contribution in [3.63, 3.8) is 0 Å². The maximum atomic E-state index is 12.4. The Hall–Kier alpha value is -1.88. The number of esters is 2. The van der Waals surface area contributed by atoms with Gasteiger partial charge in [0.1, 0.15) is 6.61 Å². The van der Waals surface area contributed by atoms with Crippen LogP contribution in [-0.4, -0.2) is 36.4 Å². The van der Waals surface area contributed by atoms with E-state index in [0.717, 1.165) is 44.9 Å². The molecule has 0 radical (unpaired) electrons.